The number of nitrogens with one attached hydrogen (secondary N) is 2. The summed E-state index contributed by atoms with van der Waals surface area (Å²) in [6, 6.07) is 16.0. The topological polar surface area (TPSA) is 87.4 Å². The van der Waals surface area contributed by atoms with Crippen molar-refractivity contribution in [1.82, 2.24) is 25.4 Å². The number of fused-ring (bicyclic) bond motifs is 1. The number of aliphatic hydroxyl groups excluding tert-OH is 1. The summed E-state index contributed by atoms with van der Waals surface area (Å²) in [6.45, 7) is 0.955. The number of halogens is 1. The second-order valence-electron chi connectivity index (χ2n) is 6.48. The van der Waals surface area contributed by atoms with E-state index in [2.05, 4.69) is 37.8 Å². The first kappa shape index (κ1) is 22.2. The molecule has 156 valence electrons. The van der Waals surface area contributed by atoms with Crippen LogP contribution in [0.25, 0.3) is 15.9 Å². The average Bonchev–Trinajstić information content (AvgIpc) is 3.44. The summed E-state index contributed by atoms with van der Waals surface area (Å²) < 4.78 is 2.90. The van der Waals surface area contributed by atoms with Crippen LogP contribution in [0.15, 0.2) is 72.1 Å². The van der Waals surface area contributed by atoms with Gasteiger partial charge in [0.15, 0.2) is 11.8 Å². The zero-order valence-electron chi connectivity index (χ0n) is 16.4. The van der Waals surface area contributed by atoms with Gasteiger partial charge in [0.05, 0.1) is 0 Å². The summed E-state index contributed by atoms with van der Waals surface area (Å²) in [5.74, 6) is 1.39. The van der Waals surface area contributed by atoms with Gasteiger partial charge in [-0.2, -0.15) is 5.10 Å². The van der Waals surface area contributed by atoms with Gasteiger partial charge in [-0.1, -0.05) is 18.2 Å². The number of aliphatic hydroxyl groups is 1. The molecule has 0 aliphatic rings. The molecule has 3 heterocycles. The van der Waals surface area contributed by atoms with E-state index < -0.39 is 6.10 Å². The third-order valence-electron chi connectivity index (χ3n) is 4.47. The summed E-state index contributed by atoms with van der Waals surface area (Å²) in [6.07, 6.45) is 4.74. The minimum absolute atomic E-state index is 0. The maximum atomic E-state index is 10.5. The van der Waals surface area contributed by atoms with Crippen molar-refractivity contribution < 1.29 is 5.11 Å². The summed E-state index contributed by atoms with van der Waals surface area (Å²) >= 11 is 1.61. The second-order valence-corrected chi connectivity index (χ2v) is 7.60. The Morgan fingerprint density at radius 1 is 1.17 bits per heavy atom. The molecule has 0 aliphatic carbocycles. The third kappa shape index (κ3) is 5.35. The molecular formula is C21H23IN6OS. The van der Waals surface area contributed by atoms with Gasteiger partial charge in [0.2, 0.25) is 0 Å². The molecule has 1 aromatic carbocycles. The molecule has 1 unspecified atom stereocenters. The number of thiophene rings is 1. The van der Waals surface area contributed by atoms with Gasteiger partial charge < -0.3 is 15.7 Å². The summed E-state index contributed by atoms with van der Waals surface area (Å²) in [5.41, 5.74) is 1.05. The molecule has 0 spiro atoms. The minimum atomic E-state index is -0.599. The minimum Gasteiger partial charge on any atom is -0.386 e. The lowest BCUT2D eigenvalue weighted by Crippen LogP contribution is -2.38. The van der Waals surface area contributed by atoms with Crippen molar-refractivity contribution in [3.05, 3.63) is 77.6 Å². The van der Waals surface area contributed by atoms with Crippen LogP contribution in [-0.2, 0) is 6.54 Å². The molecule has 0 aliphatic heterocycles. The molecule has 1 atom stereocenters. The largest absolute Gasteiger partial charge is 0.386 e. The third-order valence-corrected chi connectivity index (χ3v) is 5.69. The Balaban J connectivity index is 0.00000256. The lowest BCUT2D eigenvalue weighted by molar-refractivity contribution is 0.184. The molecule has 0 radical (unpaired) electrons. The Hall–Kier alpha value is -2.50. The van der Waals surface area contributed by atoms with Crippen LogP contribution in [0.2, 0.25) is 0 Å². The smallest absolute Gasteiger partial charge is 0.191 e. The highest BCUT2D eigenvalue weighted by Crippen LogP contribution is 2.29. The maximum absolute atomic E-state index is 10.5. The van der Waals surface area contributed by atoms with Gasteiger partial charge in [-0.3, -0.25) is 4.99 Å². The van der Waals surface area contributed by atoms with E-state index in [0.29, 0.717) is 19.0 Å². The van der Waals surface area contributed by atoms with Crippen LogP contribution in [-0.4, -0.2) is 39.4 Å². The predicted molar refractivity (Wildman–Crippen MR) is 132 cm³/mol. The van der Waals surface area contributed by atoms with E-state index in [1.807, 2.05) is 42.6 Å². The molecule has 9 heteroatoms. The Labute approximate surface area is 195 Å². The van der Waals surface area contributed by atoms with Crippen LogP contribution in [0.4, 0.5) is 0 Å². The molecule has 4 aromatic rings. The van der Waals surface area contributed by atoms with Gasteiger partial charge in [-0.05, 0) is 41.3 Å². The predicted octanol–water partition coefficient (Wildman–Crippen LogP) is 3.50. The molecule has 0 fully saturated rings. The molecule has 30 heavy (non-hydrogen) atoms. The van der Waals surface area contributed by atoms with Crippen molar-refractivity contribution >= 4 is 51.4 Å². The molecule has 0 saturated carbocycles. The first-order valence-corrected chi connectivity index (χ1v) is 10.1. The quantitative estimate of drug-likeness (QED) is 0.200. The Morgan fingerprint density at radius 2 is 2.03 bits per heavy atom. The molecule has 3 N–H and O–H groups in total. The second kappa shape index (κ2) is 10.5. The van der Waals surface area contributed by atoms with Crippen LogP contribution in [0.1, 0.15) is 16.5 Å². The number of rotatable bonds is 6. The van der Waals surface area contributed by atoms with E-state index in [0.717, 1.165) is 21.6 Å². The number of hydrogen-bond donors (Lipinski definition) is 3. The SMILES string of the molecule is CN=C(NCc1ccnc(-n2cccn2)c1)NCC(O)c1cc2ccccc2s1.I. The summed E-state index contributed by atoms with van der Waals surface area (Å²) in [4.78, 5) is 9.51. The lowest BCUT2D eigenvalue weighted by atomic mass is 10.2. The van der Waals surface area contributed by atoms with Crippen LogP contribution in [0.3, 0.4) is 0 Å². The number of aliphatic imine (C=N–C) groups is 1. The highest BCUT2D eigenvalue weighted by Gasteiger charge is 2.12. The van der Waals surface area contributed by atoms with Crippen molar-refractivity contribution in [3.8, 4) is 5.82 Å². The van der Waals surface area contributed by atoms with Crippen LogP contribution in [0, 0.1) is 0 Å². The van der Waals surface area contributed by atoms with E-state index in [4.69, 9.17) is 0 Å². The zero-order chi connectivity index (χ0) is 20.1. The molecule has 7 nitrogen and oxygen atoms in total. The van der Waals surface area contributed by atoms with Crippen molar-refractivity contribution in [1.29, 1.82) is 0 Å². The summed E-state index contributed by atoms with van der Waals surface area (Å²) in [7, 11) is 1.71. The van der Waals surface area contributed by atoms with Crippen LogP contribution < -0.4 is 10.6 Å². The van der Waals surface area contributed by atoms with Gasteiger partial charge in [0.25, 0.3) is 0 Å². The van der Waals surface area contributed by atoms with Gasteiger partial charge in [0, 0.05) is 48.3 Å². The van der Waals surface area contributed by atoms with E-state index in [1.165, 1.54) is 4.70 Å². The van der Waals surface area contributed by atoms with Crippen molar-refractivity contribution in [2.24, 2.45) is 4.99 Å². The van der Waals surface area contributed by atoms with E-state index >= 15 is 0 Å². The molecule has 3 aromatic heterocycles. The molecule has 0 amide bonds. The van der Waals surface area contributed by atoms with Gasteiger partial charge >= 0.3 is 0 Å². The monoisotopic (exact) mass is 534 g/mol. The standard InChI is InChI=1S/C21H22N6OS.HI/c1-22-21(24-13-15-7-9-23-20(11-15)27-10-4-8-26-27)25-14-17(28)19-12-16-5-2-3-6-18(16)29-19;/h2-12,17,28H,13-14H2,1H3,(H2,22,24,25);1H. The molecule has 4 rings (SSSR count). The number of pyridine rings is 1. The number of benzene rings is 1. The van der Waals surface area contributed by atoms with Gasteiger partial charge in [-0.25, -0.2) is 9.67 Å². The number of guanidine groups is 1. The van der Waals surface area contributed by atoms with Crippen LogP contribution in [0.5, 0.6) is 0 Å². The van der Waals surface area contributed by atoms with Gasteiger partial charge in [0.1, 0.15) is 6.10 Å². The highest BCUT2D eigenvalue weighted by molar-refractivity contribution is 14.0. The Morgan fingerprint density at radius 3 is 2.80 bits per heavy atom. The lowest BCUT2D eigenvalue weighted by Gasteiger charge is -2.15. The van der Waals surface area contributed by atoms with E-state index in [-0.39, 0.29) is 24.0 Å². The normalized spacial score (nSPS) is 12.4. The zero-order valence-corrected chi connectivity index (χ0v) is 19.5. The number of nitrogens with zero attached hydrogens (tertiary/aromatic N) is 4. The summed E-state index contributed by atoms with van der Waals surface area (Å²) in [5, 5.41) is 22.3. The van der Waals surface area contributed by atoms with E-state index in [1.54, 1.807) is 35.5 Å². The van der Waals surface area contributed by atoms with Crippen molar-refractivity contribution in [2.75, 3.05) is 13.6 Å². The number of aromatic nitrogens is 3. The molecule has 0 saturated heterocycles. The van der Waals surface area contributed by atoms with Crippen LogP contribution >= 0.6 is 35.3 Å². The molecule has 0 bridgehead atoms. The van der Waals surface area contributed by atoms with E-state index in [9.17, 15) is 5.11 Å². The fraction of sp³-hybridized carbons (Fsp3) is 0.190. The number of hydrogen-bond acceptors (Lipinski definition) is 5. The van der Waals surface area contributed by atoms with Gasteiger partial charge in [-0.15, -0.1) is 35.3 Å². The Kier molecular flexibility index (Phi) is 7.77. The first-order chi connectivity index (χ1) is 14.2. The molecular weight excluding hydrogens is 511 g/mol. The first-order valence-electron chi connectivity index (χ1n) is 9.29. The fourth-order valence-corrected chi connectivity index (χ4v) is 4.02. The van der Waals surface area contributed by atoms with Crippen molar-refractivity contribution in [2.45, 2.75) is 12.6 Å². The van der Waals surface area contributed by atoms with Crippen molar-refractivity contribution in [3.63, 3.8) is 0 Å². The maximum Gasteiger partial charge on any atom is 0.191 e. The Bertz CT molecular complexity index is 1080. The highest BCUT2D eigenvalue weighted by atomic mass is 127. The fourth-order valence-electron chi connectivity index (χ4n) is 2.97. The average molecular weight is 534 g/mol.